The van der Waals surface area contributed by atoms with Crippen molar-refractivity contribution in [3.05, 3.63) is 65.5 Å². The van der Waals surface area contributed by atoms with Gasteiger partial charge in [-0.1, -0.05) is 24.3 Å². The van der Waals surface area contributed by atoms with Gasteiger partial charge in [0.25, 0.3) is 0 Å². The Balaban J connectivity index is 1.94. The molecule has 1 N–H and O–H groups in total. The summed E-state index contributed by atoms with van der Waals surface area (Å²) in [6.45, 7) is 2.76. The third-order valence-electron chi connectivity index (χ3n) is 3.12. The van der Waals surface area contributed by atoms with Crippen molar-refractivity contribution in [1.29, 1.82) is 0 Å². The van der Waals surface area contributed by atoms with E-state index >= 15 is 0 Å². The standard InChI is InChI=1S/C16H18FNO/c1-12(14-4-3-5-15(17)10-14)18-11-13-6-8-16(19-2)9-7-13/h3-10,12,18H,11H2,1-2H3. The van der Waals surface area contributed by atoms with Crippen LogP contribution in [0.25, 0.3) is 0 Å². The minimum Gasteiger partial charge on any atom is -0.497 e. The molecule has 0 spiro atoms. The molecule has 0 saturated heterocycles. The molecule has 1 atom stereocenters. The Morgan fingerprint density at radius 3 is 2.53 bits per heavy atom. The average molecular weight is 259 g/mol. The maximum atomic E-state index is 13.1. The van der Waals surface area contributed by atoms with Crippen molar-refractivity contribution in [2.45, 2.75) is 19.5 Å². The Kier molecular flexibility index (Phi) is 4.53. The highest BCUT2D eigenvalue weighted by Gasteiger charge is 2.05. The summed E-state index contributed by atoms with van der Waals surface area (Å²) in [5, 5.41) is 3.37. The highest BCUT2D eigenvalue weighted by atomic mass is 19.1. The second-order valence-electron chi connectivity index (χ2n) is 4.51. The summed E-state index contributed by atoms with van der Waals surface area (Å²) in [5.74, 6) is 0.650. The summed E-state index contributed by atoms with van der Waals surface area (Å²) < 4.78 is 18.2. The molecule has 0 bridgehead atoms. The molecule has 2 aromatic rings. The van der Waals surface area contributed by atoms with Crippen LogP contribution in [0.2, 0.25) is 0 Å². The number of ether oxygens (including phenoxy) is 1. The van der Waals surface area contributed by atoms with Gasteiger partial charge in [-0.25, -0.2) is 4.39 Å². The predicted molar refractivity (Wildman–Crippen MR) is 74.6 cm³/mol. The van der Waals surface area contributed by atoms with Gasteiger partial charge in [-0.15, -0.1) is 0 Å². The van der Waals surface area contributed by atoms with E-state index in [1.165, 1.54) is 11.6 Å². The Morgan fingerprint density at radius 2 is 1.89 bits per heavy atom. The zero-order chi connectivity index (χ0) is 13.7. The quantitative estimate of drug-likeness (QED) is 0.884. The number of rotatable bonds is 5. The van der Waals surface area contributed by atoms with Crippen molar-refractivity contribution in [1.82, 2.24) is 5.32 Å². The second-order valence-corrected chi connectivity index (χ2v) is 4.51. The van der Waals surface area contributed by atoms with Crippen LogP contribution < -0.4 is 10.1 Å². The molecule has 0 heterocycles. The van der Waals surface area contributed by atoms with Gasteiger partial charge in [-0.05, 0) is 42.3 Å². The molecule has 0 aliphatic heterocycles. The molecule has 2 aromatic carbocycles. The van der Waals surface area contributed by atoms with Crippen LogP contribution in [0.15, 0.2) is 48.5 Å². The van der Waals surface area contributed by atoms with Gasteiger partial charge in [0, 0.05) is 12.6 Å². The Labute approximate surface area is 113 Å². The van der Waals surface area contributed by atoms with Crippen LogP contribution in [0, 0.1) is 5.82 Å². The van der Waals surface area contributed by atoms with E-state index in [4.69, 9.17) is 4.74 Å². The van der Waals surface area contributed by atoms with Gasteiger partial charge in [0.05, 0.1) is 7.11 Å². The monoisotopic (exact) mass is 259 g/mol. The summed E-state index contributed by atoms with van der Waals surface area (Å²) in [6.07, 6.45) is 0. The average Bonchev–Trinajstić information content (AvgIpc) is 2.45. The lowest BCUT2D eigenvalue weighted by Gasteiger charge is -2.14. The molecular weight excluding hydrogens is 241 g/mol. The van der Waals surface area contributed by atoms with Crippen molar-refractivity contribution >= 4 is 0 Å². The summed E-state index contributed by atoms with van der Waals surface area (Å²) in [4.78, 5) is 0. The third kappa shape index (κ3) is 3.80. The largest absolute Gasteiger partial charge is 0.497 e. The third-order valence-corrected chi connectivity index (χ3v) is 3.12. The van der Waals surface area contributed by atoms with Crippen molar-refractivity contribution in [3.8, 4) is 5.75 Å². The maximum absolute atomic E-state index is 13.1. The molecule has 0 aliphatic rings. The van der Waals surface area contributed by atoms with Crippen molar-refractivity contribution in [2.24, 2.45) is 0 Å². The molecule has 0 amide bonds. The van der Waals surface area contributed by atoms with E-state index in [1.54, 1.807) is 19.2 Å². The highest BCUT2D eigenvalue weighted by molar-refractivity contribution is 5.27. The van der Waals surface area contributed by atoms with Crippen LogP contribution in [-0.4, -0.2) is 7.11 Å². The maximum Gasteiger partial charge on any atom is 0.123 e. The van der Waals surface area contributed by atoms with Crippen LogP contribution in [-0.2, 0) is 6.54 Å². The molecule has 100 valence electrons. The number of methoxy groups -OCH3 is 1. The van der Waals surface area contributed by atoms with Crippen molar-refractivity contribution in [2.75, 3.05) is 7.11 Å². The van der Waals surface area contributed by atoms with Crippen LogP contribution in [0.5, 0.6) is 5.75 Å². The first-order valence-electron chi connectivity index (χ1n) is 6.31. The lowest BCUT2D eigenvalue weighted by molar-refractivity contribution is 0.414. The van der Waals surface area contributed by atoms with Crippen molar-refractivity contribution < 1.29 is 9.13 Å². The zero-order valence-electron chi connectivity index (χ0n) is 11.2. The Hall–Kier alpha value is -1.87. The Morgan fingerprint density at radius 1 is 1.16 bits per heavy atom. The van der Waals surface area contributed by atoms with Crippen LogP contribution >= 0.6 is 0 Å². The lowest BCUT2D eigenvalue weighted by Crippen LogP contribution is -2.18. The van der Waals surface area contributed by atoms with Gasteiger partial charge in [-0.2, -0.15) is 0 Å². The number of hydrogen-bond donors (Lipinski definition) is 1. The van der Waals surface area contributed by atoms with Crippen molar-refractivity contribution in [3.63, 3.8) is 0 Å². The van der Waals surface area contributed by atoms with E-state index in [-0.39, 0.29) is 11.9 Å². The van der Waals surface area contributed by atoms with E-state index in [0.29, 0.717) is 0 Å². The van der Waals surface area contributed by atoms with Crippen LogP contribution in [0.1, 0.15) is 24.1 Å². The molecule has 19 heavy (non-hydrogen) atoms. The van der Waals surface area contributed by atoms with Gasteiger partial charge in [0.1, 0.15) is 11.6 Å². The highest BCUT2D eigenvalue weighted by Crippen LogP contribution is 2.15. The first-order chi connectivity index (χ1) is 9.19. The van der Waals surface area contributed by atoms with E-state index < -0.39 is 0 Å². The summed E-state index contributed by atoms with van der Waals surface area (Å²) in [6, 6.07) is 14.7. The van der Waals surface area contributed by atoms with Crippen LogP contribution in [0.3, 0.4) is 0 Å². The summed E-state index contributed by atoms with van der Waals surface area (Å²) >= 11 is 0. The molecule has 0 radical (unpaired) electrons. The minimum atomic E-state index is -0.199. The number of nitrogens with one attached hydrogen (secondary N) is 1. The fraction of sp³-hybridized carbons (Fsp3) is 0.250. The smallest absolute Gasteiger partial charge is 0.123 e. The molecule has 0 aliphatic carbocycles. The van der Waals surface area contributed by atoms with E-state index in [0.717, 1.165) is 17.9 Å². The lowest BCUT2D eigenvalue weighted by atomic mass is 10.1. The molecular formula is C16H18FNO. The normalized spacial score (nSPS) is 12.2. The predicted octanol–water partition coefficient (Wildman–Crippen LogP) is 3.69. The minimum absolute atomic E-state index is 0.109. The number of halogens is 1. The van der Waals surface area contributed by atoms with E-state index in [9.17, 15) is 4.39 Å². The van der Waals surface area contributed by atoms with Crippen LogP contribution in [0.4, 0.5) is 4.39 Å². The molecule has 0 aromatic heterocycles. The summed E-state index contributed by atoms with van der Waals surface area (Å²) in [7, 11) is 1.65. The van der Waals surface area contributed by atoms with E-state index in [1.807, 2.05) is 37.3 Å². The molecule has 2 nitrogen and oxygen atoms in total. The number of hydrogen-bond acceptors (Lipinski definition) is 2. The van der Waals surface area contributed by atoms with Gasteiger partial charge in [0.2, 0.25) is 0 Å². The van der Waals surface area contributed by atoms with Gasteiger partial charge in [-0.3, -0.25) is 0 Å². The zero-order valence-corrected chi connectivity index (χ0v) is 11.2. The molecule has 0 fully saturated rings. The molecule has 0 saturated carbocycles. The molecule has 1 unspecified atom stereocenters. The van der Waals surface area contributed by atoms with Gasteiger partial charge in [0.15, 0.2) is 0 Å². The Bertz CT molecular complexity index is 525. The number of benzene rings is 2. The van der Waals surface area contributed by atoms with E-state index in [2.05, 4.69) is 5.32 Å². The molecule has 2 rings (SSSR count). The fourth-order valence-corrected chi connectivity index (χ4v) is 1.91. The summed E-state index contributed by atoms with van der Waals surface area (Å²) in [5.41, 5.74) is 2.12. The topological polar surface area (TPSA) is 21.3 Å². The van der Waals surface area contributed by atoms with Gasteiger partial charge < -0.3 is 10.1 Å². The molecule has 3 heteroatoms. The second kappa shape index (κ2) is 6.34. The first-order valence-corrected chi connectivity index (χ1v) is 6.31. The fourth-order valence-electron chi connectivity index (χ4n) is 1.91. The SMILES string of the molecule is COc1ccc(CNC(C)c2cccc(F)c2)cc1. The van der Waals surface area contributed by atoms with Gasteiger partial charge >= 0.3 is 0 Å². The first kappa shape index (κ1) is 13.6.